The predicted molar refractivity (Wildman–Crippen MR) is 66.1 cm³/mol. The molecule has 1 aromatic carbocycles. The van der Waals surface area contributed by atoms with Gasteiger partial charge in [-0.3, -0.25) is 0 Å². The summed E-state index contributed by atoms with van der Waals surface area (Å²) < 4.78 is 0. The van der Waals surface area contributed by atoms with Gasteiger partial charge in [-0.15, -0.1) is 0 Å². The van der Waals surface area contributed by atoms with Crippen LogP contribution in [0.15, 0.2) is 30.5 Å². The maximum Gasteiger partial charge on any atom is 0.0456 e. The van der Waals surface area contributed by atoms with Crippen molar-refractivity contribution in [1.29, 1.82) is 0 Å². The van der Waals surface area contributed by atoms with E-state index >= 15 is 0 Å². The highest BCUT2D eigenvalue weighted by Crippen LogP contribution is 2.23. The Morgan fingerprint density at radius 1 is 1.13 bits per heavy atom. The Labute approximate surface area is 91.5 Å². The van der Waals surface area contributed by atoms with Crippen LogP contribution in [0.3, 0.4) is 0 Å². The summed E-state index contributed by atoms with van der Waals surface area (Å²) >= 11 is 0. The minimum absolute atomic E-state index is 0.823. The molecule has 1 heteroatoms. The number of rotatable bonds is 4. The van der Waals surface area contributed by atoms with E-state index in [0.29, 0.717) is 0 Å². The van der Waals surface area contributed by atoms with E-state index in [4.69, 9.17) is 0 Å². The van der Waals surface area contributed by atoms with Gasteiger partial charge in [0.2, 0.25) is 0 Å². The van der Waals surface area contributed by atoms with Crippen LogP contribution in [0.1, 0.15) is 32.3 Å². The highest BCUT2D eigenvalue weighted by atomic mass is 14.7. The molecule has 0 bridgehead atoms. The minimum atomic E-state index is 0.823. The lowest BCUT2D eigenvalue weighted by Crippen LogP contribution is -2.00. The lowest BCUT2D eigenvalue weighted by molar-refractivity contribution is 0.492. The number of hydrogen-bond donors (Lipinski definition) is 1. The van der Waals surface area contributed by atoms with Crippen molar-refractivity contribution < 1.29 is 0 Å². The lowest BCUT2D eigenvalue weighted by Gasteiger charge is -2.10. The summed E-state index contributed by atoms with van der Waals surface area (Å²) in [6.45, 7) is 4.56. The average molecular weight is 201 g/mol. The van der Waals surface area contributed by atoms with Crippen LogP contribution in [0.4, 0.5) is 0 Å². The normalized spacial score (nSPS) is 11.4. The Morgan fingerprint density at radius 2 is 1.87 bits per heavy atom. The summed E-state index contributed by atoms with van der Waals surface area (Å²) in [6.07, 6.45) is 5.92. The molecule has 80 valence electrons. The Morgan fingerprint density at radius 3 is 2.60 bits per heavy atom. The highest BCUT2D eigenvalue weighted by Gasteiger charge is 2.08. The van der Waals surface area contributed by atoms with Gasteiger partial charge in [-0.1, -0.05) is 44.9 Å². The molecule has 0 aliphatic heterocycles. The van der Waals surface area contributed by atoms with E-state index in [-0.39, 0.29) is 0 Å². The Kier molecular flexibility index (Phi) is 3.10. The number of aromatic amines is 1. The lowest BCUT2D eigenvalue weighted by atomic mass is 9.94. The first kappa shape index (κ1) is 10.3. The fraction of sp³-hybridized carbons (Fsp3) is 0.429. The molecule has 0 radical (unpaired) electrons. The van der Waals surface area contributed by atoms with E-state index in [0.717, 1.165) is 5.92 Å². The Hall–Kier alpha value is -1.24. The van der Waals surface area contributed by atoms with Crippen molar-refractivity contribution in [2.75, 3.05) is 0 Å². The van der Waals surface area contributed by atoms with E-state index in [1.807, 2.05) is 0 Å². The predicted octanol–water partition coefficient (Wildman–Crippen LogP) is 4.15. The van der Waals surface area contributed by atoms with Crippen molar-refractivity contribution in [3.63, 3.8) is 0 Å². The van der Waals surface area contributed by atoms with Crippen molar-refractivity contribution in [3.05, 3.63) is 36.0 Å². The first-order chi connectivity index (χ1) is 7.35. The molecule has 0 atom stereocenters. The average Bonchev–Trinajstić information content (AvgIpc) is 2.69. The van der Waals surface area contributed by atoms with E-state index in [1.165, 1.54) is 35.7 Å². The van der Waals surface area contributed by atoms with Crippen LogP contribution >= 0.6 is 0 Å². The summed E-state index contributed by atoms with van der Waals surface area (Å²) in [5.74, 6) is 0.823. The van der Waals surface area contributed by atoms with Crippen LogP contribution in [0.5, 0.6) is 0 Å². The highest BCUT2D eigenvalue weighted by molar-refractivity contribution is 5.83. The van der Waals surface area contributed by atoms with Crippen molar-refractivity contribution >= 4 is 10.9 Å². The molecular weight excluding hydrogens is 182 g/mol. The molecule has 0 saturated carbocycles. The van der Waals surface area contributed by atoms with Gasteiger partial charge < -0.3 is 4.98 Å². The van der Waals surface area contributed by atoms with Crippen LogP contribution in [0, 0.1) is 5.92 Å². The van der Waals surface area contributed by atoms with E-state index in [2.05, 4.69) is 49.3 Å². The molecule has 0 saturated heterocycles. The largest absolute Gasteiger partial charge is 0.361 e. The van der Waals surface area contributed by atoms with Gasteiger partial charge in [0.25, 0.3) is 0 Å². The van der Waals surface area contributed by atoms with Crippen LogP contribution in [0.2, 0.25) is 0 Å². The molecule has 15 heavy (non-hydrogen) atoms. The number of benzene rings is 1. The van der Waals surface area contributed by atoms with E-state index in [1.54, 1.807) is 0 Å². The third kappa shape index (κ3) is 2.06. The fourth-order valence-electron chi connectivity index (χ4n) is 2.19. The number of fused-ring (bicyclic) bond motifs is 1. The minimum Gasteiger partial charge on any atom is -0.361 e. The Balaban J connectivity index is 2.28. The molecular formula is C14H19N. The molecule has 0 fully saturated rings. The third-order valence-electron chi connectivity index (χ3n) is 3.34. The molecule has 0 spiro atoms. The monoisotopic (exact) mass is 201 g/mol. The fourth-order valence-corrected chi connectivity index (χ4v) is 2.19. The zero-order chi connectivity index (χ0) is 10.7. The number of H-pyrrole nitrogens is 1. The zero-order valence-electron chi connectivity index (χ0n) is 9.59. The van der Waals surface area contributed by atoms with E-state index < -0.39 is 0 Å². The number of hydrogen-bond acceptors (Lipinski definition) is 0. The van der Waals surface area contributed by atoms with Gasteiger partial charge in [0, 0.05) is 17.1 Å². The molecule has 2 rings (SSSR count). The standard InChI is InChI=1S/C14H19N/c1-3-11(4-2)9-12-10-15-14-8-6-5-7-13(12)14/h5-8,10-11,15H,3-4,9H2,1-2H3. The molecule has 0 aliphatic rings. The second kappa shape index (κ2) is 4.52. The summed E-state index contributed by atoms with van der Waals surface area (Å²) in [5.41, 5.74) is 2.73. The zero-order valence-corrected chi connectivity index (χ0v) is 9.59. The van der Waals surface area contributed by atoms with E-state index in [9.17, 15) is 0 Å². The van der Waals surface area contributed by atoms with Crippen molar-refractivity contribution in [3.8, 4) is 0 Å². The van der Waals surface area contributed by atoms with Gasteiger partial charge in [0.05, 0.1) is 0 Å². The molecule has 0 unspecified atom stereocenters. The van der Waals surface area contributed by atoms with Crippen molar-refractivity contribution in [1.82, 2.24) is 4.98 Å². The summed E-state index contributed by atoms with van der Waals surface area (Å²) in [5, 5.41) is 1.39. The first-order valence-electron chi connectivity index (χ1n) is 5.90. The van der Waals surface area contributed by atoms with Gasteiger partial charge in [-0.05, 0) is 24.0 Å². The smallest absolute Gasteiger partial charge is 0.0456 e. The maximum absolute atomic E-state index is 3.34. The van der Waals surface area contributed by atoms with Gasteiger partial charge in [0.1, 0.15) is 0 Å². The van der Waals surface area contributed by atoms with Gasteiger partial charge >= 0.3 is 0 Å². The van der Waals surface area contributed by atoms with Crippen molar-refractivity contribution in [2.45, 2.75) is 33.1 Å². The quantitative estimate of drug-likeness (QED) is 0.765. The van der Waals surface area contributed by atoms with Crippen LogP contribution in [0.25, 0.3) is 10.9 Å². The van der Waals surface area contributed by atoms with Crippen LogP contribution in [-0.4, -0.2) is 4.98 Å². The number of nitrogens with one attached hydrogen (secondary N) is 1. The van der Waals surface area contributed by atoms with Gasteiger partial charge in [0.15, 0.2) is 0 Å². The third-order valence-corrected chi connectivity index (χ3v) is 3.34. The van der Waals surface area contributed by atoms with Crippen LogP contribution in [-0.2, 0) is 6.42 Å². The topological polar surface area (TPSA) is 15.8 Å². The molecule has 1 nitrogen and oxygen atoms in total. The number of aromatic nitrogens is 1. The Bertz CT molecular complexity index is 424. The summed E-state index contributed by atoms with van der Waals surface area (Å²) in [7, 11) is 0. The summed E-state index contributed by atoms with van der Waals surface area (Å²) in [6, 6.07) is 8.56. The molecule has 0 amide bonds. The maximum atomic E-state index is 3.34. The molecule has 1 aromatic heterocycles. The molecule has 0 aliphatic carbocycles. The molecule has 1 N–H and O–H groups in total. The molecule has 1 heterocycles. The second-order valence-corrected chi connectivity index (χ2v) is 4.25. The van der Waals surface area contributed by atoms with Gasteiger partial charge in [-0.25, -0.2) is 0 Å². The first-order valence-corrected chi connectivity index (χ1v) is 5.90. The van der Waals surface area contributed by atoms with Crippen LogP contribution < -0.4 is 0 Å². The van der Waals surface area contributed by atoms with Crippen molar-refractivity contribution in [2.24, 2.45) is 5.92 Å². The summed E-state index contributed by atoms with van der Waals surface area (Å²) in [4.78, 5) is 3.34. The molecule has 2 aromatic rings. The number of para-hydroxylation sites is 1. The van der Waals surface area contributed by atoms with Gasteiger partial charge in [-0.2, -0.15) is 0 Å². The SMILES string of the molecule is CCC(CC)Cc1c[nH]c2ccccc12. The second-order valence-electron chi connectivity index (χ2n) is 4.25.